The first-order valence-corrected chi connectivity index (χ1v) is 11.5. The maximum Gasteiger partial charge on any atom is 0.275 e. The zero-order chi connectivity index (χ0) is 20.4. The van der Waals surface area contributed by atoms with Gasteiger partial charge in [0, 0.05) is 30.8 Å². The summed E-state index contributed by atoms with van der Waals surface area (Å²) in [6.07, 6.45) is 4.00. The van der Waals surface area contributed by atoms with Gasteiger partial charge < -0.3 is 10.2 Å². The molecule has 29 heavy (non-hydrogen) atoms. The number of carbonyl (C=O) groups excluding carboxylic acids is 1. The first kappa shape index (κ1) is 19.9. The van der Waals surface area contributed by atoms with E-state index in [1.54, 1.807) is 6.07 Å². The number of nitrogens with zero attached hydrogens (tertiary/aromatic N) is 6. The molecule has 154 valence electrons. The minimum absolute atomic E-state index is 0.00477. The molecule has 1 saturated heterocycles. The summed E-state index contributed by atoms with van der Waals surface area (Å²) < 4.78 is 1.37. The fourth-order valence-corrected chi connectivity index (χ4v) is 5.01. The van der Waals surface area contributed by atoms with E-state index in [0.717, 1.165) is 47.9 Å². The van der Waals surface area contributed by atoms with Crippen molar-refractivity contribution in [2.45, 2.75) is 46.0 Å². The lowest BCUT2D eigenvalue weighted by Crippen LogP contribution is -2.38. The van der Waals surface area contributed by atoms with E-state index in [0.29, 0.717) is 23.2 Å². The van der Waals surface area contributed by atoms with Gasteiger partial charge in [0.1, 0.15) is 5.01 Å². The third-order valence-corrected chi connectivity index (χ3v) is 6.88. The van der Waals surface area contributed by atoms with E-state index < -0.39 is 0 Å². The van der Waals surface area contributed by atoms with E-state index in [-0.39, 0.29) is 17.4 Å². The molecule has 0 aromatic carbocycles. The fourth-order valence-electron chi connectivity index (χ4n) is 3.35. The molecule has 0 aliphatic carbocycles. The zero-order valence-corrected chi connectivity index (χ0v) is 18.1. The van der Waals surface area contributed by atoms with Gasteiger partial charge in [0.2, 0.25) is 21.1 Å². The number of anilines is 2. The van der Waals surface area contributed by atoms with Crippen LogP contribution in [0.15, 0.2) is 10.9 Å². The van der Waals surface area contributed by atoms with Crippen LogP contribution in [0.5, 0.6) is 0 Å². The Bertz CT molecular complexity index is 1070. The Morgan fingerprint density at radius 2 is 2.03 bits per heavy atom. The molecule has 0 unspecified atom stereocenters. The van der Waals surface area contributed by atoms with Gasteiger partial charge in [-0.3, -0.25) is 9.59 Å². The second-order valence-corrected chi connectivity index (χ2v) is 9.02. The Labute approximate surface area is 175 Å². The van der Waals surface area contributed by atoms with Gasteiger partial charge in [-0.25, -0.2) is 4.98 Å². The molecule has 0 bridgehead atoms. The zero-order valence-electron chi connectivity index (χ0n) is 16.4. The van der Waals surface area contributed by atoms with Gasteiger partial charge in [0.25, 0.3) is 5.56 Å². The number of aromatic nitrogens is 5. The molecule has 4 rings (SSSR count). The third-order valence-electron chi connectivity index (χ3n) is 4.93. The van der Waals surface area contributed by atoms with Crippen LogP contribution in [-0.2, 0) is 17.6 Å². The molecule has 1 aliphatic heterocycles. The van der Waals surface area contributed by atoms with Crippen molar-refractivity contribution in [3.63, 3.8) is 0 Å². The van der Waals surface area contributed by atoms with E-state index in [9.17, 15) is 9.59 Å². The monoisotopic (exact) mass is 433 g/mol. The molecule has 0 atom stereocenters. The molecule has 1 N–H and O–H groups in total. The molecule has 1 fully saturated rings. The smallest absolute Gasteiger partial charge is 0.275 e. The molecule has 1 amide bonds. The molecule has 11 heteroatoms. The van der Waals surface area contributed by atoms with Crippen LogP contribution in [0, 0.1) is 5.92 Å². The molecule has 0 saturated carbocycles. The SMILES string of the molecule is CCCc1cc(=O)n2nc(N3CCC(C(=O)Nc4nnc(CC)s4)CC3)sc2n1. The Kier molecular flexibility index (Phi) is 5.86. The summed E-state index contributed by atoms with van der Waals surface area (Å²) in [6, 6.07) is 1.56. The van der Waals surface area contributed by atoms with Crippen LogP contribution in [0.3, 0.4) is 0 Å². The van der Waals surface area contributed by atoms with Crippen molar-refractivity contribution in [2.75, 3.05) is 23.3 Å². The van der Waals surface area contributed by atoms with Crippen LogP contribution in [0.4, 0.5) is 10.3 Å². The highest BCUT2D eigenvalue weighted by atomic mass is 32.1. The maximum absolute atomic E-state index is 12.5. The number of piperidine rings is 1. The minimum atomic E-state index is -0.140. The molecule has 0 spiro atoms. The van der Waals surface area contributed by atoms with Crippen LogP contribution in [-0.4, -0.2) is 43.8 Å². The van der Waals surface area contributed by atoms with E-state index in [2.05, 4.69) is 37.4 Å². The molecule has 9 nitrogen and oxygen atoms in total. The average Bonchev–Trinajstić information content (AvgIpc) is 3.35. The van der Waals surface area contributed by atoms with Crippen molar-refractivity contribution in [1.29, 1.82) is 0 Å². The molecule has 4 heterocycles. The summed E-state index contributed by atoms with van der Waals surface area (Å²) in [4.78, 5) is 32.1. The van der Waals surface area contributed by atoms with E-state index in [1.807, 2.05) is 6.92 Å². The minimum Gasteiger partial charge on any atom is -0.347 e. The number of hydrogen-bond donors (Lipinski definition) is 1. The standard InChI is InChI=1S/C18H23N7O2S2/c1-3-5-12-10-14(26)25-17(19-12)29-18(23-25)24-8-6-11(7-9-24)15(27)20-16-22-21-13(4-2)28-16/h10-11H,3-9H2,1-2H3,(H,20,22,27). The van der Waals surface area contributed by atoms with Crippen LogP contribution in [0.2, 0.25) is 0 Å². The lowest BCUT2D eigenvalue weighted by atomic mass is 9.96. The average molecular weight is 434 g/mol. The van der Waals surface area contributed by atoms with Gasteiger partial charge in [-0.05, 0) is 25.7 Å². The maximum atomic E-state index is 12.5. The van der Waals surface area contributed by atoms with E-state index >= 15 is 0 Å². The number of carbonyl (C=O) groups is 1. The number of rotatable bonds is 6. The number of nitrogens with one attached hydrogen (secondary N) is 1. The highest BCUT2D eigenvalue weighted by Crippen LogP contribution is 2.28. The van der Waals surface area contributed by atoms with Gasteiger partial charge >= 0.3 is 0 Å². The Balaban J connectivity index is 1.40. The summed E-state index contributed by atoms with van der Waals surface area (Å²) in [6.45, 7) is 5.50. The van der Waals surface area contributed by atoms with Crippen LogP contribution in [0.1, 0.15) is 43.8 Å². The van der Waals surface area contributed by atoms with Gasteiger partial charge in [-0.1, -0.05) is 42.9 Å². The summed E-state index contributed by atoms with van der Waals surface area (Å²) in [5.41, 5.74) is 0.671. The van der Waals surface area contributed by atoms with Crippen molar-refractivity contribution in [3.05, 3.63) is 27.1 Å². The number of amides is 1. The lowest BCUT2D eigenvalue weighted by molar-refractivity contribution is -0.120. The Morgan fingerprint density at radius 3 is 2.72 bits per heavy atom. The molecule has 3 aromatic rings. The predicted octanol–water partition coefficient (Wildman–Crippen LogP) is 2.37. The largest absolute Gasteiger partial charge is 0.347 e. The summed E-state index contributed by atoms with van der Waals surface area (Å²) in [7, 11) is 0. The predicted molar refractivity (Wildman–Crippen MR) is 114 cm³/mol. The van der Waals surface area contributed by atoms with Crippen molar-refractivity contribution in [1.82, 2.24) is 24.8 Å². The fraction of sp³-hybridized carbons (Fsp3) is 0.556. The van der Waals surface area contributed by atoms with Crippen LogP contribution in [0.25, 0.3) is 4.96 Å². The summed E-state index contributed by atoms with van der Waals surface area (Å²) >= 11 is 2.84. The highest BCUT2D eigenvalue weighted by Gasteiger charge is 2.27. The van der Waals surface area contributed by atoms with Gasteiger partial charge in [0.15, 0.2) is 0 Å². The number of aryl methyl sites for hydroxylation is 2. The first-order chi connectivity index (χ1) is 14.1. The molecule has 0 radical (unpaired) electrons. The van der Waals surface area contributed by atoms with E-state index in [4.69, 9.17) is 0 Å². The highest BCUT2D eigenvalue weighted by molar-refractivity contribution is 7.20. The third kappa shape index (κ3) is 4.30. The lowest BCUT2D eigenvalue weighted by Gasteiger charge is -2.30. The van der Waals surface area contributed by atoms with Crippen LogP contribution >= 0.6 is 22.7 Å². The molecule has 1 aliphatic rings. The van der Waals surface area contributed by atoms with Gasteiger partial charge in [-0.15, -0.1) is 15.3 Å². The second-order valence-electron chi connectivity index (χ2n) is 7.02. The summed E-state index contributed by atoms with van der Waals surface area (Å²) in [5.74, 6) is -0.0681. The normalized spacial score (nSPS) is 15.2. The molecular formula is C18H23N7O2S2. The topological polar surface area (TPSA) is 105 Å². The van der Waals surface area contributed by atoms with Crippen molar-refractivity contribution >= 4 is 43.8 Å². The van der Waals surface area contributed by atoms with Crippen molar-refractivity contribution in [3.8, 4) is 0 Å². The van der Waals surface area contributed by atoms with Crippen LogP contribution < -0.4 is 15.8 Å². The first-order valence-electron chi connectivity index (χ1n) is 9.85. The molecular weight excluding hydrogens is 410 g/mol. The second kappa shape index (κ2) is 8.54. The van der Waals surface area contributed by atoms with Crippen molar-refractivity contribution < 1.29 is 4.79 Å². The Hall–Kier alpha value is -2.40. The van der Waals surface area contributed by atoms with E-state index in [1.165, 1.54) is 27.2 Å². The Morgan fingerprint density at radius 1 is 1.24 bits per heavy atom. The van der Waals surface area contributed by atoms with Gasteiger partial charge in [0.05, 0.1) is 0 Å². The van der Waals surface area contributed by atoms with Crippen molar-refractivity contribution in [2.24, 2.45) is 5.92 Å². The quantitative estimate of drug-likeness (QED) is 0.636. The van der Waals surface area contributed by atoms with Gasteiger partial charge in [-0.2, -0.15) is 4.52 Å². The number of fused-ring (bicyclic) bond motifs is 1. The summed E-state index contributed by atoms with van der Waals surface area (Å²) in [5, 5.41) is 17.6. The number of hydrogen-bond acceptors (Lipinski definition) is 9. The molecule has 3 aromatic heterocycles.